The molecule has 0 aromatic heterocycles. The molecule has 0 saturated carbocycles. The van der Waals surface area contributed by atoms with Crippen molar-refractivity contribution in [2.75, 3.05) is 4.90 Å². The molecule has 1 saturated heterocycles. The summed E-state index contributed by atoms with van der Waals surface area (Å²) in [5, 5.41) is 4.59. The van der Waals surface area contributed by atoms with Gasteiger partial charge in [0.05, 0.1) is 5.69 Å². The first kappa shape index (κ1) is 23.3. The molecule has 1 fully saturated rings. The average molecular weight is 497 g/mol. The van der Waals surface area contributed by atoms with Crippen LogP contribution in [0.5, 0.6) is 5.75 Å². The topological polar surface area (TPSA) is 75.7 Å². The van der Waals surface area contributed by atoms with E-state index >= 15 is 0 Å². The number of carbonyl (C=O) groups excluding carboxylic acids is 3. The van der Waals surface area contributed by atoms with Crippen molar-refractivity contribution in [3.05, 3.63) is 112 Å². The van der Waals surface area contributed by atoms with Crippen LogP contribution in [0.2, 0.25) is 5.02 Å². The predicted molar refractivity (Wildman–Crippen MR) is 140 cm³/mol. The van der Waals surface area contributed by atoms with Gasteiger partial charge in [-0.1, -0.05) is 66.2 Å². The Morgan fingerprint density at radius 2 is 1.72 bits per heavy atom. The number of fused-ring (bicyclic) bond motifs is 1. The minimum atomic E-state index is -0.789. The highest BCUT2D eigenvalue weighted by atomic mass is 35.5. The molecule has 1 heterocycles. The van der Waals surface area contributed by atoms with E-state index in [-0.39, 0.29) is 12.2 Å². The summed E-state index contributed by atoms with van der Waals surface area (Å²) in [5.74, 6) is -0.980. The number of amides is 4. The highest BCUT2D eigenvalue weighted by Crippen LogP contribution is 2.32. The molecular weight excluding hydrogens is 476 g/mol. The van der Waals surface area contributed by atoms with Gasteiger partial charge in [0, 0.05) is 10.6 Å². The molecule has 0 bridgehead atoms. The molecule has 1 aliphatic rings. The number of anilines is 1. The zero-order valence-electron chi connectivity index (χ0n) is 19.3. The highest BCUT2D eigenvalue weighted by Gasteiger charge is 2.37. The number of nitrogens with zero attached hydrogens (tertiary/aromatic N) is 1. The molecule has 4 amide bonds. The third kappa shape index (κ3) is 4.59. The van der Waals surface area contributed by atoms with Gasteiger partial charge in [-0.15, -0.1) is 0 Å². The van der Waals surface area contributed by atoms with Gasteiger partial charge in [-0.3, -0.25) is 14.9 Å². The zero-order chi connectivity index (χ0) is 25.2. The molecule has 4 aromatic rings. The molecular formula is C29H21ClN2O4. The molecule has 1 aliphatic heterocycles. The van der Waals surface area contributed by atoms with Crippen LogP contribution >= 0.6 is 11.6 Å². The Morgan fingerprint density at radius 3 is 2.53 bits per heavy atom. The molecule has 36 heavy (non-hydrogen) atoms. The molecule has 0 aliphatic carbocycles. The number of barbiturate groups is 1. The summed E-state index contributed by atoms with van der Waals surface area (Å²) in [7, 11) is 0. The first-order chi connectivity index (χ1) is 17.4. The van der Waals surface area contributed by atoms with E-state index in [9.17, 15) is 14.4 Å². The number of carbonyl (C=O) groups is 3. The van der Waals surface area contributed by atoms with E-state index in [2.05, 4.69) is 5.32 Å². The number of hydrogen-bond acceptors (Lipinski definition) is 4. The predicted octanol–water partition coefficient (Wildman–Crippen LogP) is 6.05. The molecule has 0 unspecified atom stereocenters. The van der Waals surface area contributed by atoms with Crippen LogP contribution in [-0.4, -0.2) is 17.8 Å². The first-order valence-corrected chi connectivity index (χ1v) is 11.7. The second-order valence-electron chi connectivity index (χ2n) is 8.41. The summed E-state index contributed by atoms with van der Waals surface area (Å²) >= 11 is 6.10. The number of nitrogens with one attached hydrogen (secondary N) is 1. The number of aryl methyl sites for hydroxylation is 1. The number of benzene rings is 4. The van der Waals surface area contributed by atoms with Gasteiger partial charge in [-0.2, -0.15) is 0 Å². The van der Waals surface area contributed by atoms with Gasteiger partial charge in [-0.25, -0.2) is 9.69 Å². The average Bonchev–Trinajstić information content (AvgIpc) is 2.85. The molecule has 0 spiro atoms. The lowest BCUT2D eigenvalue weighted by molar-refractivity contribution is -0.122. The molecule has 4 aromatic carbocycles. The van der Waals surface area contributed by atoms with E-state index in [0.717, 1.165) is 26.8 Å². The normalized spacial score (nSPS) is 14.9. The van der Waals surface area contributed by atoms with Crippen LogP contribution in [-0.2, 0) is 16.2 Å². The van der Waals surface area contributed by atoms with E-state index in [1.54, 1.807) is 30.3 Å². The van der Waals surface area contributed by atoms with Gasteiger partial charge < -0.3 is 4.74 Å². The van der Waals surface area contributed by atoms with Crippen LogP contribution in [0.15, 0.2) is 90.5 Å². The lowest BCUT2D eigenvalue weighted by Gasteiger charge is -2.26. The molecule has 5 rings (SSSR count). The van der Waals surface area contributed by atoms with Gasteiger partial charge in [-0.05, 0) is 65.2 Å². The third-order valence-corrected chi connectivity index (χ3v) is 6.10. The molecule has 178 valence electrons. The fourth-order valence-electron chi connectivity index (χ4n) is 4.14. The van der Waals surface area contributed by atoms with Crippen molar-refractivity contribution < 1.29 is 19.1 Å². The Bertz CT molecular complexity index is 1560. The molecule has 6 nitrogen and oxygen atoms in total. The summed E-state index contributed by atoms with van der Waals surface area (Å²) in [6.45, 7) is 2.10. The van der Waals surface area contributed by atoms with Crippen LogP contribution < -0.4 is 15.0 Å². The Kier molecular flexibility index (Phi) is 6.27. The van der Waals surface area contributed by atoms with Crippen LogP contribution in [0.4, 0.5) is 10.5 Å². The second kappa shape index (κ2) is 9.68. The monoisotopic (exact) mass is 496 g/mol. The Labute approximate surface area is 212 Å². The zero-order valence-corrected chi connectivity index (χ0v) is 20.1. The quantitative estimate of drug-likeness (QED) is 0.270. The number of urea groups is 1. The third-order valence-electron chi connectivity index (χ3n) is 5.86. The van der Waals surface area contributed by atoms with Crippen molar-refractivity contribution in [3.8, 4) is 5.75 Å². The fraction of sp³-hybridized carbons (Fsp3) is 0.0690. The van der Waals surface area contributed by atoms with Crippen LogP contribution in [0.25, 0.3) is 16.8 Å². The van der Waals surface area contributed by atoms with Gasteiger partial charge in [0.25, 0.3) is 11.8 Å². The lowest BCUT2D eigenvalue weighted by atomic mass is 9.99. The molecule has 0 atom stereocenters. The maximum atomic E-state index is 13.4. The van der Waals surface area contributed by atoms with Crippen LogP contribution in [0.1, 0.15) is 16.7 Å². The highest BCUT2D eigenvalue weighted by molar-refractivity contribution is 6.39. The smallest absolute Gasteiger partial charge is 0.335 e. The van der Waals surface area contributed by atoms with Gasteiger partial charge >= 0.3 is 6.03 Å². The standard InChI is InChI=1S/C29H21ClN2O4/c1-18-6-4-10-22(14-18)32-28(34)25(27(33)31-29(32)35)16-24-23-11-3-2-8-20(23)12-13-26(24)36-17-19-7-5-9-21(30)15-19/h2-16H,17H2,1H3,(H,31,33,35)/b25-16+. The Balaban J connectivity index is 1.59. The van der Waals surface area contributed by atoms with Crippen LogP contribution in [0, 0.1) is 6.92 Å². The number of hydrogen-bond donors (Lipinski definition) is 1. The van der Waals surface area contributed by atoms with Crippen molar-refractivity contribution in [2.45, 2.75) is 13.5 Å². The Hall–Kier alpha value is -4.42. The van der Waals surface area contributed by atoms with E-state index in [1.165, 1.54) is 6.08 Å². The van der Waals surface area contributed by atoms with E-state index in [4.69, 9.17) is 16.3 Å². The SMILES string of the molecule is Cc1cccc(N2C(=O)NC(=O)/C(=C\c3c(OCc4cccc(Cl)c4)ccc4ccccc34)C2=O)c1. The summed E-state index contributed by atoms with van der Waals surface area (Å²) in [6.07, 6.45) is 1.49. The van der Waals surface area contributed by atoms with Crippen molar-refractivity contribution in [1.82, 2.24) is 5.32 Å². The van der Waals surface area contributed by atoms with E-state index < -0.39 is 17.8 Å². The van der Waals surface area contributed by atoms with E-state index in [1.807, 2.05) is 61.5 Å². The summed E-state index contributed by atoms with van der Waals surface area (Å²) in [5.41, 5.74) is 2.52. The molecule has 1 N–H and O–H groups in total. The van der Waals surface area contributed by atoms with Gasteiger partial charge in [0.15, 0.2) is 0 Å². The molecule has 0 radical (unpaired) electrons. The fourth-order valence-corrected chi connectivity index (χ4v) is 4.35. The largest absolute Gasteiger partial charge is 0.488 e. The second-order valence-corrected chi connectivity index (χ2v) is 8.85. The summed E-state index contributed by atoms with van der Waals surface area (Å²) in [6, 6.07) is 24.8. The number of imide groups is 2. The summed E-state index contributed by atoms with van der Waals surface area (Å²) < 4.78 is 6.12. The summed E-state index contributed by atoms with van der Waals surface area (Å²) in [4.78, 5) is 39.8. The number of rotatable bonds is 5. The minimum absolute atomic E-state index is 0.167. The number of halogens is 1. The maximum Gasteiger partial charge on any atom is 0.335 e. The van der Waals surface area contributed by atoms with Gasteiger partial charge in [0.1, 0.15) is 17.9 Å². The molecule has 7 heteroatoms. The number of ether oxygens (including phenoxy) is 1. The van der Waals surface area contributed by atoms with Crippen LogP contribution in [0.3, 0.4) is 0 Å². The van der Waals surface area contributed by atoms with Crippen molar-refractivity contribution in [3.63, 3.8) is 0 Å². The van der Waals surface area contributed by atoms with Gasteiger partial charge in [0.2, 0.25) is 0 Å². The lowest BCUT2D eigenvalue weighted by Crippen LogP contribution is -2.54. The minimum Gasteiger partial charge on any atom is -0.488 e. The maximum absolute atomic E-state index is 13.4. The van der Waals surface area contributed by atoms with Crippen molar-refractivity contribution in [2.24, 2.45) is 0 Å². The van der Waals surface area contributed by atoms with Crippen molar-refractivity contribution in [1.29, 1.82) is 0 Å². The van der Waals surface area contributed by atoms with E-state index in [0.29, 0.717) is 22.0 Å². The first-order valence-electron chi connectivity index (χ1n) is 11.3. The Morgan fingerprint density at radius 1 is 0.917 bits per heavy atom. The van der Waals surface area contributed by atoms with Crippen molar-refractivity contribution >= 4 is 52.0 Å².